The number of hydrogen-bond donors (Lipinski definition) is 1. The number of likely N-dealkylation sites (N-methyl/N-ethyl adjacent to an activating group) is 1. The van der Waals surface area contributed by atoms with Gasteiger partial charge < -0.3 is 15.0 Å². The normalized spacial score (nSPS) is 16.8. The van der Waals surface area contributed by atoms with Crippen molar-refractivity contribution in [1.29, 1.82) is 0 Å². The van der Waals surface area contributed by atoms with Crippen LogP contribution in [0.4, 0.5) is 0 Å². The number of nitrogens with zero attached hydrogens (tertiary/aromatic N) is 1. The van der Waals surface area contributed by atoms with Crippen LogP contribution in [0.5, 0.6) is 5.75 Å². The van der Waals surface area contributed by atoms with E-state index < -0.39 is 0 Å². The summed E-state index contributed by atoms with van der Waals surface area (Å²) < 4.78 is 5.28. The van der Waals surface area contributed by atoms with Gasteiger partial charge in [0.2, 0.25) is 5.91 Å². The molecule has 0 unspecified atom stereocenters. The molecule has 0 radical (unpaired) electrons. The first kappa shape index (κ1) is 18.0. The number of ether oxygens (including phenoxy) is 1. The number of likely N-dealkylation sites (tertiary alicyclic amines) is 1. The fraction of sp³-hybridized carbons (Fsp3) is 0.333. The number of piperidine rings is 1. The largest absolute Gasteiger partial charge is 0.497 e. The highest BCUT2D eigenvalue weighted by molar-refractivity contribution is 5.98. The molecule has 2 aromatic carbocycles. The minimum absolute atomic E-state index is 0.0944. The molecule has 5 nitrogen and oxygen atoms in total. The van der Waals surface area contributed by atoms with Crippen LogP contribution in [-0.4, -0.2) is 43.5 Å². The standard InChI is InChI=1S/C21H24N2O3/c1-22-20(24)19-11-3-4-12-23(19)21(25)17-9-5-7-15(13-17)16-8-6-10-18(14-16)26-2/h5-10,13-14,19H,3-4,11-12H2,1-2H3,(H,22,24)/t19-/m0/s1. The summed E-state index contributed by atoms with van der Waals surface area (Å²) in [6.07, 6.45) is 2.60. The van der Waals surface area contributed by atoms with E-state index in [9.17, 15) is 9.59 Å². The Hall–Kier alpha value is -2.82. The molecule has 1 fully saturated rings. The number of benzene rings is 2. The second kappa shape index (κ2) is 8.04. The SMILES string of the molecule is CNC(=O)[C@@H]1CCCCN1C(=O)c1cccc(-c2cccc(OC)c2)c1. The summed E-state index contributed by atoms with van der Waals surface area (Å²) in [6, 6.07) is 14.9. The average molecular weight is 352 g/mol. The van der Waals surface area contributed by atoms with Crippen LogP contribution in [-0.2, 0) is 4.79 Å². The second-order valence-electron chi connectivity index (χ2n) is 6.44. The summed E-state index contributed by atoms with van der Waals surface area (Å²) in [5.74, 6) is 0.583. The van der Waals surface area contributed by atoms with E-state index in [0.29, 0.717) is 18.5 Å². The third-order valence-corrected chi connectivity index (χ3v) is 4.83. The zero-order chi connectivity index (χ0) is 18.5. The van der Waals surface area contributed by atoms with Crippen LogP contribution in [0.1, 0.15) is 29.6 Å². The maximum absolute atomic E-state index is 13.1. The summed E-state index contributed by atoms with van der Waals surface area (Å²) in [7, 11) is 3.25. The fourth-order valence-corrected chi connectivity index (χ4v) is 3.41. The van der Waals surface area contributed by atoms with Crippen molar-refractivity contribution in [2.75, 3.05) is 20.7 Å². The third-order valence-electron chi connectivity index (χ3n) is 4.83. The van der Waals surface area contributed by atoms with Crippen molar-refractivity contribution in [3.63, 3.8) is 0 Å². The van der Waals surface area contributed by atoms with Crippen LogP contribution in [0.25, 0.3) is 11.1 Å². The van der Waals surface area contributed by atoms with E-state index in [2.05, 4.69) is 5.32 Å². The van der Waals surface area contributed by atoms with Gasteiger partial charge in [0.1, 0.15) is 11.8 Å². The topological polar surface area (TPSA) is 58.6 Å². The molecule has 1 aliphatic heterocycles. The van der Waals surface area contributed by atoms with E-state index in [1.165, 1.54) is 0 Å². The van der Waals surface area contributed by atoms with Crippen molar-refractivity contribution in [2.45, 2.75) is 25.3 Å². The van der Waals surface area contributed by atoms with Crippen molar-refractivity contribution in [3.05, 3.63) is 54.1 Å². The molecule has 0 bridgehead atoms. The summed E-state index contributed by atoms with van der Waals surface area (Å²) in [6.45, 7) is 0.611. The molecule has 3 rings (SSSR count). The molecule has 1 saturated heterocycles. The van der Waals surface area contributed by atoms with E-state index in [4.69, 9.17) is 4.74 Å². The molecule has 0 saturated carbocycles. The number of methoxy groups -OCH3 is 1. The van der Waals surface area contributed by atoms with Gasteiger partial charge in [0, 0.05) is 19.2 Å². The van der Waals surface area contributed by atoms with Crippen LogP contribution in [0.3, 0.4) is 0 Å². The Morgan fingerprint density at radius 1 is 1.08 bits per heavy atom. The lowest BCUT2D eigenvalue weighted by Crippen LogP contribution is -2.51. The molecule has 0 spiro atoms. The van der Waals surface area contributed by atoms with Crippen LogP contribution in [0.2, 0.25) is 0 Å². The van der Waals surface area contributed by atoms with Crippen LogP contribution < -0.4 is 10.1 Å². The van der Waals surface area contributed by atoms with Crippen molar-refractivity contribution in [2.24, 2.45) is 0 Å². The number of carbonyl (C=O) groups is 2. The summed E-state index contributed by atoms with van der Waals surface area (Å²) in [5, 5.41) is 2.67. The van der Waals surface area contributed by atoms with Crippen LogP contribution in [0, 0.1) is 0 Å². The van der Waals surface area contributed by atoms with Crippen molar-refractivity contribution in [3.8, 4) is 16.9 Å². The first-order chi connectivity index (χ1) is 12.6. The van der Waals surface area contributed by atoms with Gasteiger partial charge in [-0.3, -0.25) is 9.59 Å². The van der Waals surface area contributed by atoms with Gasteiger partial charge >= 0.3 is 0 Å². The van der Waals surface area contributed by atoms with E-state index in [0.717, 1.165) is 29.7 Å². The lowest BCUT2D eigenvalue weighted by Gasteiger charge is -2.34. The number of nitrogens with one attached hydrogen (secondary N) is 1. The molecule has 0 aliphatic carbocycles. The number of amides is 2. The van der Waals surface area contributed by atoms with Gasteiger partial charge in [0.05, 0.1) is 7.11 Å². The number of hydrogen-bond acceptors (Lipinski definition) is 3. The summed E-state index contributed by atoms with van der Waals surface area (Å²) in [5.41, 5.74) is 2.53. The van der Waals surface area contributed by atoms with Crippen molar-refractivity contribution < 1.29 is 14.3 Å². The fourth-order valence-electron chi connectivity index (χ4n) is 3.41. The smallest absolute Gasteiger partial charge is 0.254 e. The minimum atomic E-state index is -0.387. The second-order valence-corrected chi connectivity index (χ2v) is 6.44. The summed E-state index contributed by atoms with van der Waals surface area (Å²) in [4.78, 5) is 26.9. The molecule has 1 heterocycles. The molecule has 1 atom stereocenters. The van der Waals surface area contributed by atoms with Gasteiger partial charge in [0.15, 0.2) is 0 Å². The Labute approximate surface area is 154 Å². The maximum Gasteiger partial charge on any atom is 0.254 e. The zero-order valence-electron chi connectivity index (χ0n) is 15.2. The van der Waals surface area contributed by atoms with E-state index >= 15 is 0 Å². The Kier molecular flexibility index (Phi) is 5.56. The van der Waals surface area contributed by atoms with E-state index in [1.807, 2.05) is 48.5 Å². The van der Waals surface area contributed by atoms with Gasteiger partial charge in [-0.15, -0.1) is 0 Å². The number of carbonyl (C=O) groups excluding carboxylic acids is 2. The molecule has 2 aromatic rings. The van der Waals surface area contributed by atoms with Gasteiger partial charge in [-0.05, 0) is 54.7 Å². The highest BCUT2D eigenvalue weighted by atomic mass is 16.5. The average Bonchev–Trinajstić information content (AvgIpc) is 2.72. The molecule has 26 heavy (non-hydrogen) atoms. The lowest BCUT2D eigenvalue weighted by atomic mass is 9.98. The predicted octanol–water partition coefficient (Wildman–Crippen LogP) is 3.10. The van der Waals surface area contributed by atoms with Gasteiger partial charge in [-0.25, -0.2) is 0 Å². The Morgan fingerprint density at radius 2 is 1.81 bits per heavy atom. The Morgan fingerprint density at radius 3 is 2.54 bits per heavy atom. The highest BCUT2D eigenvalue weighted by Gasteiger charge is 2.32. The lowest BCUT2D eigenvalue weighted by molar-refractivity contribution is -0.126. The van der Waals surface area contributed by atoms with Crippen molar-refractivity contribution in [1.82, 2.24) is 10.2 Å². The maximum atomic E-state index is 13.1. The van der Waals surface area contributed by atoms with Crippen LogP contribution >= 0.6 is 0 Å². The molecule has 1 aliphatic rings. The first-order valence-corrected chi connectivity index (χ1v) is 8.91. The Bertz CT molecular complexity index is 803. The van der Waals surface area contributed by atoms with Gasteiger partial charge in [-0.2, -0.15) is 0 Å². The van der Waals surface area contributed by atoms with Crippen LogP contribution in [0.15, 0.2) is 48.5 Å². The number of rotatable bonds is 4. The van der Waals surface area contributed by atoms with E-state index in [-0.39, 0.29) is 17.9 Å². The minimum Gasteiger partial charge on any atom is -0.497 e. The first-order valence-electron chi connectivity index (χ1n) is 8.91. The molecule has 0 aromatic heterocycles. The molecular formula is C21H24N2O3. The quantitative estimate of drug-likeness (QED) is 0.920. The molecule has 136 valence electrons. The van der Waals surface area contributed by atoms with Gasteiger partial charge in [-0.1, -0.05) is 24.3 Å². The van der Waals surface area contributed by atoms with Gasteiger partial charge in [0.25, 0.3) is 5.91 Å². The van der Waals surface area contributed by atoms with E-state index in [1.54, 1.807) is 19.1 Å². The zero-order valence-corrected chi connectivity index (χ0v) is 15.2. The Balaban J connectivity index is 1.89. The monoisotopic (exact) mass is 352 g/mol. The molecular weight excluding hydrogens is 328 g/mol. The predicted molar refractivity (Wildman–Crippen MR) is 101 cm³/mol. The van der Waals surface area contributed by atoms with Crippen molar-refractivity contribution >= 4 is 11.8 Å². The summed E-state index contributed by atoms with van der Waals surface area (Å²) >= 11 is 0. The molecule has 5 heteroatoms. The third kappa shape index (κ3) is 3.72. The molecule has 2 amide bonds. The highest BCUT2D eigenvalue weighted by Crippen LogP contribution is 2.26. The molecule has 1 N–H and O–H groups in total.